The highest BCUT2D eigenvalue weighted by atomic mass is 19.2. The molecule has 0 aliphatic rings. The topological polar surface area (TPSA) is 75.4 Å². The van der Waals surface area contributed by atoms with Gasteiger partial charge in [-0.05, 0) is 12.1 Å². The number of nitrogen functional groups attached to an aromatic ring is 1. The van der Waals surface area contributed by atoms with Crippen molar-refractivity contribution in [2.24, 2.45) is 0 Å². The first kappa shape index (κ1) is 14.6. The van der Waals surface area contributed by atoms with Crippen molar-refractivity contribution in [3.05, 3.63) is 53.1 Å². The Bertz CT molecular complexity index is 708. The third kappa shape index (κ3) is 2.60. The molecule has 4 nitrogen and oxygen atoms in total. The number of carbonyl (C=O) groups is 1. The number of phenols is 1. The number of aromatic hydroxyl groups is 1. The number of hydrogen-bond donors (Lipinski definition) is 3. The molecule has 2 aromatic carbocycles. The van der Waals surface area contributed by atoms with Crippen molar-refractivity contribution >= 4 is 17.3 Å². The fourth-order valence-electron chi connectivity index (χ4n) is 1.61. The Hall–Kier alpha value is -2.77. The number of carbonyl (C=O) groups excluding carboxylic acids is 1. The Balaban J connectivity index is 2.43. The zero-order valence-corrected chi connectivity index (χ0v) is 10.3. The highest BCUT2D eigenvalue weighted by Gasteiger charge is 2.22. The summed E-state index contributed by atoms with van der Waals surface area (Å²) in [6.45, 7) is 0. The smallest absolute Gasteiger partial charge is 0.259 e. The van der Waals surface area contributed by atoms with Crippen LogP contribution in [0, 0.1) is 23.3 Å². The predicted octanol–water partition coefficient (Wildman–Crippen LogP) is 2.78. The van der Waals surface area contributed by atoms with Crippen LogP contribution in [0.3, 0.4) is 0 Å². The average Bonchev–Trinajstić information content (AvgIpc) is 2.44. The number of benzene rings is 2. The van der Waals surface area contributed by atoms with Gasteiger partial charge in [0.15, 0.2) is 29.0 Å². The zero-order chi connectivity index (χ0) is 15.7. The first-order valence-electron chi connectivity index (χ1n) is 5.54. The van der Waals surface area contributed by atoms with E-state index < -0.39 is 46.2 Å². The van der Waals surface area contributed by atoms with Gasteiger partial charge < -0.3 is 16.2 Å². The molecule has 0 aliphatic heterocycles. The van der Waals surface area contributed by atoms with Crippen LogP contribution in [0.1, 0.15) is 10.4 Å². The monoisotopic (exact) mass is 300 g/mol. The van der Waals surface area contributed by atoms with E-state index in [2.05, 4.69) is 0 Å². The first-order chi connectivity index (χ1) is 9.82. The summed E-state index contributed by atoms with van der Waals surface area (Å²) in [6.07, 6.45) is 0. The molecule has 0 aromatic heterocycles. The minimum atomic E-state index is -1.76. The van der Waals surface area contributed by atoms with E-state index in [0.29, 0.717) is 0 Å². The van der Waals surface area contributed by atoms with E-state index in [4.69, 9.17) is 5.73 Å². The van der Waals surface area contributed by atoms with Crippen molar-refractivity contribution in [1.29, 1.82) is 0 Å². The molecule has 0 saturated carbocycles. The Labute approximate surface area is 115 Å². The van der Waals surface area contributed by atoms with Gasteiger partial charge in [-0.25, -0.2) is 17.6 Å². The predicted molar refractivity (Wildman–Crippen MR) is 66.7 cm³/mol. The second-order valence-electron chi connectivity index (χ2n) is 4.04. The van der Waals surface area contributed by atoms with Crippen molar-refractivity contribution in [1.82, 2.24) is 0 Å². The maximum absolute atomic E-state index is 13.4. The van der Waals surface area contributed by atoms with Crippen LogP contribution < -0.4 is 11.1 Å². The summed E-state index contributed by atoms with van der Waals surface area (Å²) in [7, 11) is 0. The van der Waals surface area contributed by atoms with Crippen molar-refractivity contribution in [3.63, 3.8) is 0 Å². The highest BCUT2D eigenvalue weighted by molar-refractivity contribution is 6.07. The summed E-state index contributed by atoms with van der Waals surface area (Å²) in [5.41, 5.74) is 3.52. The van der Waals surface area contributed by atoms with E-state index in [1.165, 1.54) is 12.1 Å². The lowest BCUT2D eigenvalue weighted by atomic mass is 10.1. The standard InChI is InChI=1S/C13H8F4N2O2/c14-6-4-7(15)10(17)11(9(6)16)19-13(21)5-2-1-3-8(18)12(5)20/h1-4,20H,18H2,(H,19,21). The quantitative estimate of drug-likeness (QED) is 0.345. The van der Waals surface area contributed by atoms with Crippen LogP contribution in [0.25, 0.3) is 0 Å². The molecule has 0 bridgehead atoms. The fraction of sp³-hybridized carbons (Fsp3) is 0. The average molecular weight is 300 g/mol. The van der Waals surface area contributed by atoms with Crippen LogP contribution in [0.4, 0.5) is 28.9 Å². The van der Waals surface area contributed by atoms with Gasteiger partial charge >= 0.3 is 0 Å². The molecule has 0 heterocycles. The van der Waals surface area contributed by atoms with Crippen LogP contribution in [0.5, 0.6) is 5.75 Å². The van der Waals surface area contributed by atoms with Gasteiger partial charge in [-0.2, -0.15) is 0 Å². The number of para-hydroxylation sites is 1. The Morgan fingerprint density at radius 1 is 1.10 bits per heavy atom. The van der Waals surface area contributed by atoms with Crippen LogP contribution in [0.2, 0.25) is 0 Å². The van der Waals surface area contributed by atoms with E-state index in [1.807, 2.05) is 0 Å². The molecule has 0 fully saturated rings. The molecule has 0 saturated heterocycles. The minimum absolute atomic E-state index is 0.0122. The third-order valence-electron chi connectivity index (χ3n) is 2.66. The molecule has 0 spiro atoms. The number of halogens is 4. The summed E-state index contributed by atoms with van der Waals surface area (Å²) in [5.74, 6) is -8.64. The SMILES string of the molecule is Nc1cccc(C(=O)Nc2c(F)c(F)cc(F)c2F)c1O. The molecule has 1 amide bonds. The van der Waals surface area contributed by atoms with E-state index in [9.17, 15) is 27.5 Å². The highest BCUT2D eigenvalue weighted by Crippen LogP contribution is 2.28. The van der Waals surface area contributed by atoms with Crippen molar-refractivity contribution < 1.29 is 27.5 Å². The molecule has 2 aromatic rings. The molecule has 0 unspecified atom stereocenters. The number of anilines is 2. The lowest BCUT2D eigenvalue weighted by Crippen LogP contribution is -2.16. The summed E-state index contributed by atoms with van der Waals surface area (Å²) in [5, 5.41) is 11.2. The molecular formula is C13H8F4N2O2. The first-order valence-corrected chi connectivity index (χ1v) is 5.54. The number of nitrogens with two attached hydrogens (primary N) is 1. The van der Waals surface area contributed by atoms with Gasteiger partial charge in [-0.15, -0.1) is 0 Å². The number of rotatable bonds is 2. The third-order valence-corrected chi connectivity index (χ3v) is 2.66. The minimum Gasteiger partial charge on any atom is -0.505 e. The van der Waals surface area contributed by atoms with Gasteiger partial charge in [-0.3, -0.25) is 4.79 Å². The Kier molecular flexibility index (Phi) is 3.70. The molecule has 21 heavy (non-hydrogen) atoms. The van der Waals surface area contributed by atoms with Crippen molar-refractivity contribution in [3.8, 4) is 5.75 Å². The largest absolute Gasteiger partial charge is 0.505 e. The van der Waals surface area contributed by atoms with Gasteiger partial charge in [-0.1, -0.05) is 6.07 Å². The molecule has 4 N–H and O–H groups in total. The maximum atomic E-state index is 13.4. The van der Waals surface area contributed by atoms with Crippen molar-refractivity contribution in [2.45, 2.75) is 0 Å². The second-order valence-corrected chi connectivity index (χ2v) is 4.04. The molecular weight excluding hydrogens is 292 g/mol. The molecule has 8 heteroatoms. The van der Waals surface area contributed by atoms with E-state index in [0.717, 1.165) is 6.07 Å². The zero-order valence-electron chi connectivity index (χ0n) is 10.3. The lowest BCUT2D eigenvalue weighted by Gasteiger charge is -2.10. The van der Waals surface area contributed by atoms with Crippen molar-refractivity contribution in [2.75, 3.05) is 11.1 Å². The molecule has 2 rings (SSSR count). The number of hydrogen-bond acceptors (Lipinski definition) is 3. The van der Waals surface area contributed by atoms with Gasteiger partial charge in [0.05, 0.1) is 11.3 Å². The molecule has 0 radical (unpaired) electrons. The van der Waals surface area contributed by atoms with Crippen LogP contribution in [0.15, 0.2) is 24.3 Å². The van der Waals surface area contributed by atoms with Gasteiger partial charge in [0, 0.05) is 6.07 Å². The maximum Gasteiger partial charge on any atom is 0.259 e. The molecule has 0 aliphatic carbocycles. The summed E-state index contributed by atoms with van der Waals surface area (Å²) < 4.78 is 52.9. The van der Waals surface area contributed by atoms with Crippen LogP contribution >= 0.6 is 0 Å². The summed E-state index contributed by atoms with van der Waals surface area (Å²) >= 11 is 0. The van der Waals surface area contributed by atoms with E-state index >= 15 is 0 Å². The molecule has 0 atom stereocenters. The Morgan fingerprint density at radius 3 is 2.24 bits per heavy atom. The number of nitrogens with one attached hydrogen (secondary N) is 1. The van der Waals surface area contributed by atoms with Gasteiger partial charge in [0.25, 0.3) is 5.91 Å². The van der Waals surface area contributed by atoms with Crippen LogP contribution in [-0.2, 0) is 0 Å². The molecule has 110 valence electrons. The Morgan fingerprint density at radius 2 is 1.67 bits per heavy atom. The second kappa shape index (κ2) is 5.31. The summed E-state index contributed by atoms with van der Waals surface area (Å²) in [6, 6.07) is 3.72. The summed E-state index contributed by atoms with van der Waals surface area (Å²) in [4.78, 5) is 11.8. The van der Waals surface area contributed by atoms with E-state index in [1.54, 1.807) is 5.32 Å². The van der Waals surface area contributed by atoms with Crippen LogP contribution in [-0.4, -0.2) is 11.0 Å². The normalized spacial score (nSPS) is 10.5. The van der Waals surface area contributed by atoms with Gasteiger partial charge in [0.1, 0.15) is 5.69 Å². The van der Waals surface area contributed by atoms with E-state index in [-0.39, 0.29) is 11.8 Å². The fourth-order valence-corrected chi connectivity index (χ4v) is 1.61. The lowest BCUT2D eigenvalue weighted by molar-refractivity contribution is 0.102. The number of phenolic OH excluding ortho intramolecular Hbond substituents is 1. The number of amides is 1. The van der Waals surface area contributed by atoms with Gasteiger partial charge in [0.2, 0.25) is 0 Å².